The summed E-state index contributed by atoms with van der Waals surface area (Å²) < 4.78 is 5.86. The number of benzene rings is 1. The first-order chi connectivity index (χ1) is 13.7. The highest BCUT2D eigenvalue weighted by molar-refractivity contribution is 6.76. The van der Waals surface area contributed by atoms with Gasteiger partial charge in [-0.15, -0.1) is 0 Å². The average molecular weight is 412 g/mol. The maximum atomic E-state index is 13.5. The Morgan fingerprint density at radius 1 is 1.24 bits per heavy atom. The summed E-state index contributed by atoms with van der Waals surface area (Å²) in [7, 11) is -1.21. The Hall–Kier alpha value is -2.58. The average Bonchev–Trinajstić information content (AvgIpc) is 3.15. The Bertz CT molecular complexity index is 988. The van der Waals surface area contributed by atoms with Crippen LogP contribution in [0, 0.1) is 10.1 Å². The second kappa shape index (κ2) is 7.03. The van der Waals surface area contributed by atoms with Crippen LogP contribution >= 0.6 is 0 Å². The van der Waals surface area contributed by atoms with Crippen LogP contribution in [0.4, 0.5) is 11.5 Å². The highest BCUT2D eigenvalue weighted by Gasteiger charge is 2.54. The molecule has 1 amide bonds. The standard InChI is InChI=1S/C21H25N3O4Si/c1-29(2,3)10-9-28-14-23-19-18(5-4-8-22-19)21(20(23)25)12-15-6-7-17(24(26)27)11-16(15)13-21/h4-8,11H,9-10,12-14H2,1-3H3/t21-/m1/s1. The smallest absolute Gasteiger partial charge is 0.269 e. The van der Waals surface area contributed by atoms with Gasteiger partial charge in [-0.1, -0.05) is 31.8 Å². The van der Waals surface area contributed by atoms with E-state index in [1.165, 1.54) is 6.07 Å². The van der Waals surface area contributed by atoms with Gasteiger partial charge in [0, 0.05) is 38.6 Å². The zero-order valence-electron chi connectivity index (χ0n) is 17.0. The van der Waals surface area contributed by atoms with Crippen LogP contribution in [0.3, 0.4) is 0 Å². The molecule has 8 heteroatoms. The van der Waals surface area contributed by atoms with Crippen molar-refractivity contribution in [1.29, 1.82) is 0 Å². The fraction of sp³-hybridized carbons (Fsp3) is 0.429. The monoisotopic (exact) mass is 411 g/mol. The highest BCUT2D eigenvalue weighted by Crippen LogP contribution is 2.49. The molecule has 1 aromatic carbocycles. The number of hydrogen-bond acceptors (Lipinski definition) is 5. The molecule has 1 aromatic heterocycles. The van der Waals surface area contributed by atoms with Crippen LogP contribution in [0.1, 0.15) is 16.7 Å². The quantitative estimate of drug-likeness (QED) is 0.313. The van der Waals surface area contributed by atoms with E-state index in [0.29, 0.717) is 25.3 Å². The molecule has 0 saturated carbocycles. The summed E-state index contributed by atoms with van der Waals surface area (Å²) in [6, 6.07) is 9.71. The van der Waals surface area contributed by atoms with Crippen LogP contribution in [0.25, 0.3) is 0 Å². The molecule has 4 rings (SSSR count). The van der Waals surface area contributed by atoms with Gasteiger partial charge in [0.25, 0.3) is 5.69 Å². The first kappa shape index (κ1) is 19.7. The molecule has 1 aliphatic carbocycles. The lowest BCUT2D eigenvalue weighted by molar-refractivity contribution is -0.384. The number of non-ortho nitro benzene ring substituents is 1. The number of anilines is 1. The van der Waals surface area contributed by atoms with Gasteiger partial charge in [0.2, 0.25) is 5.91 Å². The number of pyridine rings is 1. The Morgan fingerprint density at radius 3 is 2.72 bits per heavy atom. The van der Waals surface area contributed by atoms with Crippen molar-refractivity contribution in [2.45, 2.75) is 43.9 Å². The maximum Gasteiger partial charge on any atom is 0.269 e. The third kappa shape index (κ3) is 3.47. The minimum atomic E-state index is -1.21. The summed E-state index contributed by atoms with van der Waals surface area (Å²) in [5.74, 6) is 0.617. The molecule has 0 unspecified atom stereocenters. The number of carbonyl (C=O) groups excluding carboxylic acids is 1. The zero-order chi connectivity index (χ0) is 20.8. The van der Waals surface area contributed by atoms with Crippen molar-refractivity contribution in [1.82, 2.24) is 4.98 Å². The number of fused-ring (bicyclic) bond motifs is 3. The van der Waals surface area contributed by atoms with Crippen molar-refractivity contribution in [3.63, 3.8) is 0 Å². The third-order valence-corrected chi connectivity index (χ3v) is 7.52. The van der Waals surface area contributed by atoms with E-state index in [1.807, 2.05) is 12.1 Å². The molecular weight excluding hydrogens is 386 g/mol. The first-order valence-electron chi connectivity index (χ1n) is 9.83. The van der Waals surface area contributed by atoms with Gasteiger partial charge < -0.3 is 4.74 Å². The molecule has 7 nitrogen and oxygen atoms in total. The van der Waals surface area contributed by atoms with E-state index in [2.05, 4.69) is 24.6 Å². The van der Waals surface area contributed by atoms with E-state index >= 15 is 0 Å². The summed E-state index contributed by atoms with van der Waals surface area (Å²) in [6.45, 7) is 7.68. The first-order valence-corrected chi connectivity index (χ1v) is 13.5. The second-order valence-electron chi connectivity index (χ2n) is 9.10. The van der Waals surface area contributed by atoms with Gasteiger partial charge >= 0.3 is 0 Å². The Balaban J connectivity index is 1.61. The molecule has 2 heterocycles. The predicted molar refractivity (Wildman–Crippen MR) is 113 cm³/mol. The molecule has 2 aliphatic rings. The largest absolute Gasteiger partial charge is 0.361 e. The summed E-state index contributed by atoms with van der Waals surface area (Å²) in [5.41, 5.74) is 2.05. The summed E-state index contributed by atoms with van der Waals surface area (Å²) in [6.07, 6.45) is 2.67. The van der Waals surface area contributed by atoms with Crippen LogP contribution in [0.2, 0.25) is 25.7 Å². The van der Waals surface area contributed by atoms with Gasteiger partial charge in [-0.3, -0.25) is 19.8 Å². The molecule has 0 radical (unpaired) electrons. The van der Waals surface area contributed by atoms with Crippen LogP contribution < -0.4 is 4.90 Å². The number of rotatable bonds is 6. The maximum absolute atomic E-state index is 13.5. The van der Waals surface area contributed by atoms with E-state index in [-0.39, 0.29) is 18.3 Å². The number of ether oxygens (including phenoxy) is 1. The van der Waals surface area contributed by atoms with Crippen LogP contribution in [0.5, 0.6) is 0 Å². The number of nitrogens with zero attached hydrogens (tertiary/aromatic N) is 3. The van der Waals surface area contributed by atoms with Gasteiger partial charge in [-0.2, -0.15) is 0 Å². The lowest BCUT2D eigenvalue weighted by atomic mass is 9.79. The predicted octanol–water partition coefficient (Wildman–Crippen LogP) is 3.69. The topological polar surface area (TPSA) is 85.6 Å². The van der Waals surface area contributed by atoms with Crippen molar-refractivity contribution < 1.29 is 14.5 Å². The second-order valence-corrected chi connectivity index (χ2v) is 14.7. The van der Waals surface area contributed by atoms with Gasteiger partial charge in [-0.25, -0.2) is 4.98 Å². The summed E-state index contributed by atoms with van der Waals surface area (Å²) in [5, 5.41) is 11.2. The van der Waals surface area contributed by atoms with E-state index in [1.54, 1.807) is 23.2 Å². The fourth-order valence-corrected chi connectivity index (χ4v) is 4.98. The van der Waals surface area contributed by atoms with E-state index in [9.17, 15) is 14.9 Å². The van der Waals surface area contributed by atoms with Gasteiger partial charge in [0.05, 0.1) is 10.3 Å². The zero-order valence-corrected chi connectivity index (χ0v) is 18.0. The van der Waals surface area contributed by atoms with Crippen LogP contribution in [0.15, 0.2) is 36.5 Å². The third-order valence-electron chi connectivity index (χ3n) is 5.81. The van der Waals surface area contributed by atoms with Gasteiger partial charge in [0.1, 0.15) is 12.5 Å². The van der Waals surface area contributed by atoms with Crippen molar-refractivity contribution in [2.75, 3.05) is 18.2 Å². The summed E-state index contributed by atoms with van der Waals surface area (Å²) in [4.78, 5) is 30.4. The fourth-order valence-electron chi connectivity index (χ4n) is 4.23. The van der Waals surface area contributed by atoms with Crippen molar-refractivity contribution in [2.24, 2.45) is 0 Å². The van der Waals surface area contributed by atoms with Crippen molar-refractivity contribution >= 4 is 25.5 Å². The lowest BCUT2D eigenvalue weighted by Gasteiger charge is -2.23. The number of nitro benzene ring substituents is 1. The molecule has 1 atom stereocenters. The minimum Gasteiger partial charge on any atom is -0.361 e. The number of carbonyl (C=O) groups is 1. The number of nitro groups is 1. The molecule has 0 fully saturated rings. The molecule has 29 heavy (non-hydrogen) atoms. The number of hydrogen-bond donors (Lipinski definition) is 0. The summed E-state index contributed by atoms with van der Waals surface area (Å²) >= 11 is 0. The van der Waals surface area contributed by atoms with Crippen LogP contribution in [-0.2, 0) is 27.8 Å². The molecule has 2 aromatic rings. The number of aromatic nitrogens is 1. The molecule has 1 aliphatic heterocycles. The molecule has 0 saturated heterocycles. The lowest BCUT2D eigenvalue weighted by Crippen LogP contribution is -2.42. The van der Waals surface area contributed by atoms with E-state index < -0.39 is 18.4 Å². The SMILES string of the molecule is C[Si](C)(C)CCOCN1C(=O)[C@@]2(Cc3ccc([N+](=O)[O-])cc3C2)c2cccnc21. The molecule has 152 valence electrons. The Labute approximate surface area is 170 Å². The molecule has 0 bridgehead atoms. The minimum absolute atomic E-state index is 0.0296. The number of amides is 1. The highest BCUT2D eigenvalue weighted by atomic mass is 28.3. The molecule has 0 N–H and O–H groups in total. The van der Waals surface area contributed by atoms with Gasteiger partial charge in [0.15, 0.2) is 0 Å². The van der Waals surface area contributed by atoms with E-state index in [4.69, 9.17) is 4.74 Å². The van der Waals surface area contributed by atoms with Crippen molar-refractivity contribution in [3.8, 4) is 0 Å². The molecule has 1 spiro atoms. The van der Waals surface area contributed by atoms with Gasteiger partial charge in [-0.05, 0) is 36.1 Å². The molecular formula is C21H25N3O4Si. The van der Waals surface area contributed by atoms with Crippen LogP contribution in [-0.4, -0.2) is 37.2 Å². The normalized spacial score (nSPS) is 20.2. The Kier molecular flexibility index (Phi) is 4.78. The van der Waals surface area contributed by atoms with E-state index in [0.717, 1.165) is 22.7 Å². The van der Waals surface area contributed by atoms with Crippen molar-refractivity contribution in [3.05, 3.63) is 63.3 Å². The Morgan fingerprint density at radius 2 is 2.00 bits per heavy atom.